The van der Waals surface area contributed by atoms with E-state index in [1.54, 1.807) is 0 Å². The minimum Gasteiger partial charge on any atom is -0.373 e. The molecule has 1 aromatic rings. The third-order valence-corrected chi connectivity index (χ3v) is 2.31. The second-order valence-electron chi connectivity index (χ2n) is 3.50. The van der Waals surface area contributed by atoms with Crippen LogP contribution in [0.15, 0.2) is 30.3 Å². The van der Waals surface area contributed by atoms with Crippen molar-refractivity contribution in [1.82, 2.24) is 0 Å². The van der Waals surface area contributed by atoms with E-state index in [1.807, 2.05) is 44.2 Å². The first kappa shape index (κ1) is 10.9. The van der Waals surface area contributed by atoms with Crippen molar-refractivity contribution in [1.29, 1.82) is 0 Å². The zero-order chi connectivity index (χ0) is 10.4. The van der Waals surface area contributed by atoms with E-state index in [0.717, 1.165) is 11.8 Å². The summed E-state index contributed by atoms with van der Waals surface area (Å²) in [6.45, 7) is 4.35. The van der Waals surface area contributed by atoms with Gasteiger partial charge in [0.2, 0.25) is 0 Å². The van der Waals surface area contributed by atoms with Gasteiger partial charge in [0.25, 0.3) is 0 Å². The summed E-state index contributed by atoms with van der Waals surface area (Å²) in [5.74, 6) is -0.0429. The van der Waals surface area contributed by atoms with Crippen LogP contribution in [-0.4, -0.2) is 12.4 Å². The standard InChI is InChI=1S/C12H16O2/c1-10(8-13)11(2)14-9-12-6-4-3-5-7-12/h3-8,10-11H,9H2,1-2H3/t10-,11+/m0/s1. The molecule has 0 unspecified atom stereocenters. The topological polar surface area (TPSA) is 26.3 Å². The Morgan fingerprint density at radius 3 is 2.50 bits per heavy atom. The van der Waals surface area contributed by atoms with Crippen LogP contribution in [-0.2, 0) is 16.1 Å². The van der Waals surface area contributed by atoms with Crippen molar-refractivity contribution in [2.24, 2.45) is 5.92 Å². The molecular formula is C12H16O2. The van der Waals surface area contributed by atoms with Gasteiger partial charge in [-0.15, -0.1) is 0 Å². The van der Waals surface area contributed by atoms with Crippen molar-refractivity contribution in [3.05, 3.63) is 35.9 Å². The second-order valence-corrected chi connectivity index (χ2v) is 3.50. The summed E-state index contributed by atoms with van der Waals surface area (Å²) >= 11 is 0. The quantitative estimate of drug-likeness (QED) is 0.670. The molecule has 0 radical (unpaired) electrons. The molecule has 0 N–H and O–H groups in total. The van der Waals surface area contributed by atoms with Crippen LogP contribution in [0.2, 0.25) is 0 Å². The Kier molecular flexibility index (Phi) is 4.33. The van der Waals surface area contributed by atoms with E-state index in [0.29, 0.717) is 6.61 Å². The largest absolute Gasteiger partial charge is 0.373 e. The van der Waals surface area contributed by atoms with E-state index >= 15 is 0 Å². The summed E-state index contributed by atoms with van der Waals surface area (Å²) in [6, 6.07) is 9.95. The summed E-state index contributed by atoms with van der Waals surface area (Å²) in [5.41, 5.74) is 1.14. The highest BCUT2D eigenvalue weighted by atomic mass is 16.5. The summed E-state index contributed by atoms with van der Waals surface area (Å²) in [5, 5.41) is 0. The molecule has 0 heterocycles. The van der Waals surface area contributed by atoms with Crippen LogP contribution in [0.4, 0.5) is 0 Å². The number of carbonyl (C=O) groups is 1. The van der Waals surface area contributed by atoms with Crippen LogP contribution < -0.4 is 0 Å². The highest BCUT2D eigenvalue weighted by molar-refractivity contribution is 5.53. The lowest BCUT2D eigenvalue weighted by Crippen LogP contribution is -2.18. The lowest BCUT2D eigenvalue weighted by atomic mass is 10.1. The molecule has 76 valence electrons. The van der Waals surface area contributed by atoms with Crippen LogP contribution in [0.3, 0.4) is 0 Å². The van der Waals surface area contributed by atoms with Crippen LogP contribution >= 0.6 is 0 Å². The molecule has 0 fully saturated rings. The Hall–Kier alpha value is -1.15. The minimum atomic E-state index is -0.0429. The van der Waals surface area contributed by atoms with Gasteiger partial charge in [-0.2, -0.15) is 0 Å². The van der Waals surface area contributed by atoms with E-state index in [4.69, 9.17) is 4.74 Å². The zero-order valence-corrected chi connectivity index (χ0v) is 8.64. The lowest BCUT2D eigenvalue weighted by molar-refractivity contribution is -0.115. The molecule has 2 nitrogen and oxygen atoms in total. The highest BCUT2D eigenvalue weighted by Crippen LogP contribution is 2.08. The molecular weight excluding hydrogens is 176 g/mol. The summed E-state index contributed by atoms with van der Waals surface area (Å²) in [4.78, 5) is 10.5. The van der Waals surface area contributed by atoms with Crippen molar-refractivity contribution in [2.75, 3.05) is 0 Å². The monoisotopic (exact) mass is 192 g/mol. The maximum Gasteiger partial charge on any atom is 0.125 e. The molecule has 0 saturated heterocycles. The normalized spacial score (nSPS) is 14.7. The first-order valence-electron chi connectivity index (χ1n) is 4.85. The zero-order valence-electron chi connectivity index (χ0n) is 8.64. The summed E-state index contributed by atoms with van der Waals surface area (Å²) in [7, 11) is 0. The van der Waals surface area contributed by atoms with Crippen LogP contribution in [0.5, 0.6) is 0 Å². The maximum absolute atomic E-state index is 10.5. The number of ether oxygens (including phenoxy) is 1. The van der Waals surface area contributed by atoms with Crippen molar-refractivity contribution in [3.8, 4) is 0 Å². The van der Waals surface area contributed by atoms with Gasteiger partial charge in [0.1, 0.15) is 6.29 Å². The Labute approximate surface area is 84.9 Å². The predicted octanol–water partition coefficient (Wildman–Crippen LogP) is 2.43. The maximum atomic E-state index is 10.5. The Balaban J connectivity index is 2.37. The molecule has 0 bridgehead atoms. The molecule has 0 aliphatic carbocycles. The van der Waals surface area contributed by atoms with Gasteiger partial charge in [-0.25, -0.2) is 0 Å². The number of hydrogen-bond acceptors (Lipinski definition) is 2. The number of benzene rings is 1. The molecule has 2 atom stereocenters. The fourth-order valence-corrected chi connectivity index (χ4v) is 1.06. The SMILES string of the molecule is C[C@@H](C=O)[C@@H](C)OCc1ccccc1. The Morgan fingerprint density at radius 2 is 1.93 bits per heavy atom. The van der Waals surface area contributed by atoms with E-state index in [9.17, 15) is 4.79 Å². The average Bonchev–Trinajstić information content (AvgIpc) is 2.26. The average molecular weight is 192 g/mol. The van der Waals surface area contributed by atoms with Crippen LogP contribution in [0.1, 0.15) is 19.4 Å². The molecule has 14 heavy (non-hydrogen) atoms. The van der Waals surface area contributed by atoms with Gasteiger partial charge in [-0.3, -0.25) is 0 Å². The molecule has 0 saturated carbocycles. The predicted molar refractivity (Wildman–Crippen MR) is 55.9 cm³/mol. The van der Waals surface area contributed by atoms with E-state index in [1.165, 1.54) is 0 Å². The molecule has 0 spiro atoms. The number of aldehydes is 1. The Bertz CT molecular complexity index is 269. The number of rotatable bonds is 5. The van der Waals surface area contributed by atoms with Gasteiger partial charge >= 0.3 is 0 Å². The Morgan fingerprint density at radius 1 is 1.29 bits per heavy atom. The minimum absolute atomic E-state index is 0.0206. The van der Waals surface area contributed by atoms with E-state index in [-0.39, 0.29) is 12.0 Å². The van der Waals surface area contributed by atoms with Crippen LogP contribution in [0, 0.1) is 5.92 Å². The molecule has 2 heteroatoms. The molecule has 1 aromatic carbocycles. The second kappa shape index (κ2) is 5.55. The fourth-order valence-electron chi connectivity index (χ4n) is 1.06. The first-order valence-corrected chi connectivity index (χ1v) is 4.85. The van der Waals surface area contributed by atoms with Crippen molar-refractivity contribution in [2.45, 2.75) is 26.6 Å². The van der Waals surface area contributed by atoms with Gasteiger partial charge in [-0.05, 0) is 12.5 Å². The molecule has 0 aliphatic rings. The molecule has 1 rings (SSSR count). The molecule has 0 aliphatic heterocycles. The number of hydrogen-bond donors (Lipinski definition) is 0. The van der Waals surface area contributed by atoms with Crippen molar-refractivity contribution >= 4 is 6.29 Å². The van der Waals surface area contributed by atoms with Crippen molar-refractivity contribution in [3.63, 3.8) is 0 Å². The van der Waals surface area contributed by atoms with Gasteiger partial charge in [0, 0.05) is 5.92 Å². The lowest BCUT2D eigenvalue weighted by Gasteiger charge is -2.15. The smallest absolute Gasteiger partial charge is 0.125 e. The van der Waals surface area contributed by atoms with E-state index in [2.05, 4.69) is 0 Å². The third kappa shape index (κ3) is 3.30. The van der Waals surface area contributed by atoms with Crippen molar-refractivity contribution < 1.29 is 9.53 Å². The summed E-state index contributed by atoms with van der Waals surface area (Å²) < 4.78 is 5.55. The van der Waals surface area contributed by atoms with E-state index < -0.39 is 0 Å². The van der Waals surface area contributed by atoms with Crippen LogP contribution in [0.25, 0.3) is 0 Å². The van der Waals surface area contributed by atoms with Gasteiger partial charge < -0.3 is 9.53 Å². The first-order chi connectivity index (χ1) is 6.74. The van der Waals surface area contributed by atoms with Gasteiger partial charge in [-0.1, -0.05) is 37.3 Å². The summed E-state index contributed by atoms with van der Waals surface area (Å²) in [6.07, 6.45) is 0.906. The highest BCUT2D eigenvalue weighted by Gasteiger charge is 2.10. The molecule has 0 amide bonds. The third-order valence-electron chi connectivity index (χ3n) is 2.31. The number of carbonyl (C=O) groups excluding carboxylic acids is 1. The molecule has 0 aromatic heterocycles. The van der Waals surface area contributed by atoms with Gasteiger partial charge in [0.05, 0.1) is 12.7 Å². The van der Waals surface area contributed by atoms with Gasteiger partial charge in [0.15, 0.2) is 0 Å². The fraction of sp³-hybridized carbons (Fsp3) is 0.417.